The number of carbonyl (C=O) groups is 1. The van der Waals surface area contributed by atoms with Crippen LogP contribution in [0.5, 0.6) is 5.75 Å². The highest BCUT2D eigenvalue weighted by Crippen LogP contribution is 2.26. The Hall–Kier alpha value is -3.09. The van der Waals surface area contributed by atoms with E-state index in [4.69, 9.17) is 9.15 Å². The minimum Gasteiger partial charge on any atom is -0.497 e. The molecule has 30 heavy (non-hydrogen) atoms. The Balaban J connectivity index is 1.20. The number of furan rings is 1. The number of ether oxygens (including phenoxy) is 1. The number of aryl methyl sites for hydroxylation is 2. The van der Waals surface area contributed by atoms with E-state index in [0.29, 0.717) is 11.3 Å². The van der Waals surface area contributed by atoms with Gasteiger partial charge in [0, 0.05) is 24.5 Å². The first kappa shape index (κ1) is 18.9. The van der Waals surface area contributed by atoms with E-state index in [-0.39, 0.29) is 11.9 Å². The molecule has 0 radical (unpaired) electrons. The van der Waals surface area contributed by atoms with Gasteiger partial charge in [0.05, 0.1) is 12.8 Å². The van der Waals surface area contributed by atoms with E-state index in [9.17, 15) is 4.79 Å². The van der Waals surface area contributed by atoms with Crippen molar-refractivity contribution >= 4 is 22.7 Å². The number of anilines is 1. The molecule has 0 bridgehead atoms. The zero-order valence-electron chi connectivity index (χ0n) is 17.2. The molecule has 1 saturated heterocycles. The third kappa shape index (κ3) is 3.72. The largest absolute Gasteiger partial charge is 0.497 e. The van der Waals surface area contributed by atoms with Crippen molar-refractivity contribution in [3.63, 3.8) is 0 Å². The van der Waals surface area contributed by atoms with Gasteiger partial charge in [0.2, 0.25) is 0 Å². The van der Waals surface area contributed by atoms with Gasteiger partial charge in [-0.2, -0.15) is 5.10 Å². The minimum atomic E-state index is -0.169. The Morgan fingerprint density at radius 2 is 1.97 bits per heavy atom. The number of carbonyl (C=O) groups excluding carboxylic acids is 1. The number of methoxy groups -OCH3 is 1. The number of amides is 1. The van der Waals surface area contributed by atoms with Crippen molar-refractivity contribution in [1.82, 2.24) is 15.5 Å². The second kappa shape index (κ2) is 7.97. The number of hydrogen-bond donors (Lipinski definition) is 1. The maximum absolute atomic E-state index is 12.7. The molecule has 0 spiro atoms. The highest BCUT2D eigenvalue weighted by atomic mass is 16.5. The van der Waals surface area contributed by atoms with Gasteiger partial charge in [-0.25, -0.2) is 0 Å². The van der Waals surface area contributed by atoms with E-state index in [1.165, 1.54) is 18.4 Å². The summed E-state index contributed by atoms with van der Waals surface area (Å²) in [6.45, 7) is 1.71. The molecule has 1 aromatic carbocycles. The summed E-state index contributed by atoms with van der Waals surface area (Å²) in [6.07, 6.45) is 6.35. The molecular weight excluding hydrogens is 380 g/mol. The number of benzene rings is 1. The molecule has 1 aliphatic carbocycles. The van der Waals surface area contributed by atoms with Crippen LogP contribution in [0.1, 0.15) is 47.5 Å². The van der Waals surface area contributed by atoms with Crippen LogP contribution in [0.4, 0.5) is 5.82 Å². The zero-order valence-corrected chi connectivity index (χ0v) is 17.2. The fourth-order valence-electron chi connectivity index (χ4n) is 4.40. The van der Waals surface area contributed by atoms with Crippen LogP contribution >= 0.6 is 0 Å². The molecule has 0 atom stereocenters. The van der Waals surface area contributed by atoms with Crippen molar-refractivity contribution in [3.8, 4) is 5.75 Å². The lowest BCUT2D eigenvalue weighted by molar-refractivity contribution is 0.0905. The molecule has 0 unspecified atom stereocenters. The van der Waals surface area contributed by atoms with E-state index >= 15 is 0 Å². The third-order valence-electron chi connectivity index (χ3n) is 6.16. The SMILES string of the molecule is COc1ccc2oc(C(=O)NC3CCN(c4cc5c(nn4)CCCC5)CC3)cc2c1. The van der Waals surface area contributed by atoms with Crippen LogP contribution in [0.15, 0.2) is 34.7 Å². The van der Waals surface area contributed by atoms with Gasteiger partial charge in [-0.05, 0) is 74.4 Å². The lowest BCUT2D eigenvalue weighted by atomic mass is 9.96. The summed E-state index contributed by atoms with van der Waals surface area (Å²) in [4.78, 5) is 15.0. The van der Waals surface area contributed by atoms with Crippen molar-refractivity contribution in [2.24, 2.45) is 0 Å². The first-order chi connectivity index (χ1) is 14.7. The van der Waals surface area contributed by atoms with Gasteiger partial charge >= 0.3 is 0 Å². The Morgan fingerprint density at radius 1 is 1.13 bits per heavy atom. The molecule has 2 aliphatic rings. The van der Waals surface area contributed by atoms with Gasteiger partial charge in [-0.15, -0.1) is 5.10 Å². The third-order valence-corrected chi connectivity index (χ3v) is 6.16. The first-order valence-corrected chi connectivity index (χ1v) is 10.7. The van der Waals surface area contributed by atoms with Gasteiger partial charge < -0.3 is 19.4 Å². The van der Waals surface area contributed by atoms with Crippen LogP contribution in [0, 0.1) is 0 Å². The van der Waals surface area contributed by atoms with Gasteiger partial charge in [0.25, 0.3) is 5.91 Å². The number of aromatic nitrogens is 2. The van der Waals surface area contributed by atoms with Crippen LogP contribution in [0.3, 0.4) is 0 Å². The maximum atomic E-state index is 12.7. The van der Waals surface area contributed by atoms with E-state index in [0.717, 1.165) is 61.4 Å². The van der Waals surface area contributed by atoms with Crippen LogP contribution in [0.25, 0.3) is 11.0 Å². The highest BCUT2D eigenvalue weighted by Gasteiger charge is 2.24. The lowest BCUT2D eigenvalue weighted by Gasteiger charge is -2.33. The second-order valence-electron chi connectivity index (χ2n) is 8.13. The minimum absolute atomic E-state index is 0.127. The zero-order chi connectivity index (χ0) is 20.5. The van der Waals surface area contributed by atoms with E-state index in [1.807, 2.05) is 18.2 Å². The lowest BCUT2D eigenvalue weighted by Crippen LogP contribution is -2.45. The molecule has 1 fully saturated rings. The molecular formula is C23H26N4O3. The predicted octanol–water partition coefficient (Wildman–Crippen LogP) is 3.51. The standard InChI is InChI=1S/C23H26N4O3/c1-29-18-6-7-20-16(12-18)13-21(30-20)23(28)24-17-8-10-27(11-9-17)22-14-15-4-2-3-5-19(15)25-26-22/h6-7,12-14,17H,2-5,8-11H2,1H3,(H,24,28). The molecule has 3 heterocycles. The predicted molar refractivity (Wildman–Crippen MR) is 114 cm³/mol. The Labute approximate surface area is 175 Å². The molecule has 1 aliphatic heterocycles. The van der Waals surface area contributed by atoms with Crippen molar-refractivity contribution in [3.05, 3.63) is 47.3 Å². The van der Waals surface area contributed by atoms with Crippen molar-refractivity contribution in [2.75, 3.05) is 25.1 Å². The molecule has 7 nitrogen and oxygen atoms in total. The molecule has 1 amide bonds. The van der Waals surface area contributed by atoms with E-state index < -0.39 is 0 Å². The first-order valence-electron chi connectivity index (χ1n) is 10.7. The summed E-state index contributed by atoms with van der Waals surface area (Å²) in [7, 11) is 1.62. The average Bonchev–Trinajstić information content (AvgIpc) is 3.23. The fourth-order valence-corrected chi connectivity index (χ4v) is 4.40. The summed E-state index contributed by atoms with van der Waals surface area (Å²) >= 11 is 0. The van der Waals surface area contributed by atoms with Gasteiger partial charge in [-0.1, -0.05) is 0 Å². The molecule has 2 aromatic heterocycles. The van der Waals surface area contributed by atoms with E-state index in [2.05, 4.69) is 26.5 Å². The van der Waals surface area contributed by atoms with Crippen LogP contribution in [-0.4, -0.2) is 42.3 Å². The number of piperidine rings is 1. The Bertz CT molecular complexity index is 1070. The normalized spacial score (nSPS) is 17.0. The summed E-state index contributed by atoms with van der Waals surface area (Å²) in [5.41, 5.74) is 3.19. The van der Waals surface area contributed by atoms with Crippen LogP contribution < -0.4 is 15.0 Å². The van der Waals surface area contributed by atoms with Gasteiger partial charge in [0.1, 0.15) is 11.3 Å². The maximum Gasteiger partial charge on any atom is 0.287 e. The summed E-state index contributed by atoms with van der Waals surface area (Å²) in [5, 5.41) is 12.9. The van der Waals surface area contributed by atoms with Crippen molar-refractivity contribution in [2.45, 2.75) is 44.6 Å². The van der Waals surface area contributed by atoms with Crippen molar-refractivity contribution in [1.29, 1.82) is 0 Å². The second-order valence-corrected chi connectivity index (χ2v) is 8.13. The van der Waals surface area contributed by atoms with Gasteiger partial charge in [0.15, 0.2) is 11.6 Å². The number of nitrogens with zero attached hydrogens (tertiary/aromatic N) is 3. The molecule has 1 N–H and O–H groups in total. The molecule has 3 aromatic rings. The van der Waals surface area contributed by atoms with Crippen molar-refractivity contribution < 1.29 is 13.9 Å². The summed E-state index contributed by atoms with van der Waals surface area (Å²) < 4.78 is 11.0. The molecule has 5 rings (SSSR count). The number of nitrogens with one attached hydrogen (secondary N) is 1. The fraction of sp³-hybridized carbons (Fsp3) is 0.435. The smallest absolute Gasteiger partial charge is 0.287 e. The Morgan fingerprint density at radius 3 is 2.80 bits per heavy atom. The average molecular weight is 406 g/mol. The Kier molecular flexibility index (Phi) is 5.02. The quantitative estimate of drug-likeness (QED) is 0.714. The number of fused-ring (bicyclic) bond motifs is 2. The van der Waals surface area contributed by atoms with Gasteiger partial charge in [-0.3, -0.25) is 4.79 Å². The highest BCUT2D eigenvalue weighted by molar-refractivity contribution is 5.96. The monoisotopic (exact) mass is 406 g/mol. The van der Waals surface area contributed by atoms with Crippen LogP contribution in [0.2, 0.25) is 0 Å². The number of hydrogen-bond acceptors (Lipinski definition) is 6. The molecule has 156 valence electrons. The van der Waals surface area contributed by atoms with Crippen LogP contribution in [-0.2, 0) is 12.8 Å². The van der Waals surface area contributed by atoms with E-state index in [1.54, 1.807) is 13.2 Å². The summed E-state index contributed by atoms with van der Waals surface area (Å²) in [5.74, 6) is 1.87. The summed E-state index contributed by atoms with van der Waals surface area (Å²) in [6, 6.07) is 9.62. The molecule has 7 heteroatoms. The number of rotatable bonds is 4. The molecule has 0 saturated carbocycles. The topological polar surface area (TPSA) is 80.5 Å².